The smallest absolute Gasteiger partial charge is 0.269 e. The van der Waals surface area contributed by atoms with Crippen molar-refractivity contribution in [3.05, 3.63) is 57.9 Å². The fourth-order valence-corrected chi connectivity index (χ4v) is 4.75. The second-order valence-electron chi connectivity index (χ2n) is 8.53. The standard InChI is InChI=1S/C25H35N3O2/c1-16-14-17(2)27-23(15-16)25(29)26-12-11-21-8-7-13-28(21)20(5)22-9-10-24(30-6)19(4)18(22)3/h9-10,14-15,20-21H,7-8,11-13H2,1-6H3,(H,26,29). The highest BCUT2D eigenvalue weighted by Crippen LogP contribution is 2.35. The van der Waals surface area contributed by atoms with Gasteiger partial charge in [0.05, 0.1) is 7.11 Å². The summed E-state index contributed by atoms with van der Waals surface area (Å²) in [5.74, 6) is 0.866. The third-order valence-corrected chi connectivity index (χ3v) is 6.46. The number of aryl methyl sites for hydroxylation is 2. The zero-order valence-electron chi connectivity index (χ0n) is 19.2. The van der Waals surface area contributed by atoms with Gasteiger partial charge >= 0.3 is 0 Å². The van der Waals surface area contributed by atoms with Crippen molar-refractivity contribution in [2.24, 2.45) is 0 Å². The van der Waals surface area contributed by atoms with Gasteiger partial charge in [-0.3, -0.25) is 9.69 Å². The van der Waals surface area contributed by atoms with Gasteiger partial charge in [0.25, 0.3) is 5.91 Å². The van der Waals surface area contributed by atoms with Crippen molar-refractivity contribution in [1.82, 2.24) is 15.2 Å². The van der Waals surface area contributed by atoms with E-state index in [2.05, 4.69) is 48.1 Å². The number of amides is 1. The lowest BCUT2D eigenvalue weighted by Crippen LogP contribution is -2.36. The molecule has 1 aliphatic heterocycles. The maximum absolute atomic E-state index is 12.5. The van der Waals surface area contributed by atoms with E-state index in [1.807, 2.05) is 26.0 Å². The summed E-state index contributed by atoms with van der Waals surface area (Å²) in [6.07, 6.45) is 3.33. The minimum atomic E-state index is -0.0824. The van der Waals surface area contributed by atoms with Gasteiger partial charge in [0, 0.05) is 24.3 Å². The number of carbonyl (C=O) groups excluding carboxylic acids is 1. The van der Waals surface area contributed by atoms with Crippen LogP contribution in [0.4, 0.5) is 0 Å². The van der Waals surface area contributed by atoms with E-state index in [0.29, 0.717) is 24.3 Å². The van der Waals surface area contributed by atoms with Crippen LogP contribution in [-0.4, -0.2) is 42.0 Å². The second kappa shape index (κ2) is 9.61. The molecule has 1 amide bonds. The Kier molecular flexibility index (Phi) is 7.14. The second-order valence-corrected chi connectivity index (χ2v) is 8.53. The molecule has 0 radical (unpaired) electrons. The van der Waals surface area contributed by atoms with Gasteiger partial charge in [-0.05, 0) is 101 Å². The van der Waals surface area contributed by atoms with Crippen LogP contribution in [0.25, 0.3) is 0 Å². The maximum atomic E-state index is 12.5. The molecule has 0 bridgehead atoms. The van der Waals surface area contributed by atoms with Crippen LogP contribution in [0.5, 0.6) is 5.75 Å². The number of likely N-dealkylation sites (tertiary alicyclic amines) is 1. The van der Waals surface area contributed by atoms with Gasteiger partial charge < -0.3 is 10.1 Å². The maximum Gasteiger partial charge on any atom is 0.269 e. The van der Waals surface area contributed by atoms with Crippen LogP contribution in [0, 0.1) is 27.7 Å². The van der Waals surface area contributed by atoms with Crippen molar-refractivity contribution < 1.29 is 9.53 Å². The summed E-state index contributed by atoms with van der Waals surface area (Å²) in [5, 5.41) is 3.07. The minimum absolute atomic E-state index is 0.0824. The molecule has 1 aromatic heterocycles. The van der Waals surface area contributed by atoms with Crippen LogP contribution in [0.1, 0.15) is 70.7 Å². The van der Waals surface area contributed by atoms with Gasteiger partial charge in [-0.15, -0.1) is 0 Å². The van der Waals surface area contributed by atoms with Crippen molar-refractivity contribution in [2.45, 2.75) is 66.0 Å². The van der Waals surface area contributed by atoms with Crippen LogP contribution in [0.2, 0.25) is 0 Å². The van der Waals surface area contributed by atoms with Gasteiger partial charge in [0.2, 0.25) is 0 Å². The molecule has 2 atom stereocenters. The van der Waals surface area contributed by atoms with E-state index in [-0.39, 0.29) is 5.91 Å². The number of aromatic nitrogens is 1. The van der Waals surface area contributed by atoms with Gasteiger partial charge in [-0.1, -0.05) is 6.07 Å². The van der Waals surface area contributed by atoms with Gasteiger partial charge in [0.15, 0.2) is 0 Å². The normalized spacial score (nSPS) is 17.7. The molecule has 0 saturated carbocycles. The predicted octanol–water partition coefficient (Wildman–Crippen LogP) is 4.67. The molecule has 1 fully saturated rings. The number of ether oxygens (including phenoxy) is 1. The highest BCUT2D eigenvalue weighted by Gasteiger charge is 2.30. The topological polar surface area (TPSA) is 54.5 Å². The van der Waals surface area contributed by atoms with E-state index in [1.54, 1.807) is 7.11 Å². The van der Waals surface area contributed by atoms with E-state index in [1.165, 1.54) is 29.5 Å². The molecule has 2 aromatic rings. The quantitative estimate of drug-likeness (QED) is 0.722. The molecule has 3 rings (SSSR count). The zero-order chi connectivity index (χ0) is 21.8. The monoisotopic (exact) mass is 409 g/mol. The third-order valence-electron chi connectivity index (χ3n) is 6.46. The average Bonchev–Trinajstić information content (AvgIpc) is 3.17. The van der Waals surface area contributed by atoms with Crippen molar-refractivity contribution in [2.75, 3.05) is 20.2 Å². The van der Waals surface area contributed by atoms with E-state index in [9.17, 15) is 4.79 Å². The Labute approximate surface area is 180 Å². The summed E-state index contributed by atoms with van der Waals surface area (Å²) in [5.41, 5.74) is 6.33. The predicted molar refractivity (Wildman–Crippen MR) is 121 cm³/mol. The third kappa shape index (κ3) is 4.84. The van der Waals surface area contributed by atoms with E-state index < -0.39 is 0 Å². The number of benzene rings is 1. The molecular weight excluding hydrogens is 374 g/mol. The summed E-state index contributed by atoms with van der Waals surface area (Å²) < 4.78 is 5.47. The Bertz CT molecular complexity index is 889. The molecule has 1 aromatic carbocycles. The van der Waals surface area contributed by atoms with Crippen molar-refractivity contribution in [1.29, 1.82) is 0 Å². The first-order valence-corrected chi connectivity index (χ1v) is 10.9. The number of hydrogen-bond acceptors (Lipinski definition) is 4. The molecule has 0 aliphatic carbocycles. The van der Waals surface area contributed by atoms with E-state index in [0.717, 1.165) is 30.0 Å². The number of nitrogens with zero attached hydrogens (tertiary/aromatic N) is 2. The first kappa shape index (κ1) is 22.3. The van der Waals surface area contributed by atoms with Gasteiger partial charge in [0.1, 0.15) is 11.4 Å². The lowest BCUT2D eigenvalue weighted by molar-refractivity contribution is 0.0942. The van der Waals surface area contributed by atoms with E-state index in [4.69, 9.17) is 4.74 Å². The van der Waals surface area contributed by atoms with Crippen molar-refractivity contribution in [3.8, 4) is 5.75 Å². The van der Waals surface area contributed by atoms with Crippen LogP contribution in [0.3, 0.4) is 0 Å². The molecule has 2 unspecified atom stereocenters. The molecular formula is C25H35N3O2. The Morgan fingerprint density at radius 1 is 1.23 bits per heavy atom. The molecule has 1 N–H and O–H groups in total. The van der Waals surface area contributed by atoms with Crippen LogP contribution >= 0.6 is 0 Å². The average molecular weight is 410 g/mol. The van der Waals surface area contributed by atoms with Crippen LogP contribution in [-0.2, 0) is 0 Å². The fraction of sp³-hybridized carbons (Fsp3) is 0.520. The van der Waals surface area contributed by atoms with Gasteiger partial charge in [-0.2, -0.15) is 0 Å². The molecule has 1 aliphatic rings. The first-order valence-electron chi connectivity index (χ1n) is 10.9. The summed E-state index contributed by atoms with van der Waals surface area (Å²) >= 11 is 0. The number of hydrogen-bond donors (Lipinski definition) is 1. The Morgan fingerprint density at radius 2 is 2.00 bits per heavy atom. The SMILES string of the molecule is COc1ccc(C(C)N2CCCC2CCNC(=O)c2cc(C)cc(C)n2)c(C)c1C. The number of nitrogens with one attached hydrogen (secondary N) is 1. The fourth-order valence-electron chi connectivity index (χ4n) is 4.75. The van der Waals surface area contributed by atoms with Crippen molar-refractivity contribution in [3.63, 3.8) is 0 Å². The first-order chi connectivity index (χ1) is 14.3. The molecule has 2 heterocycles. The van der Waals surface area contributed by atoms with Gasteiger partial charge in [-0.25, -0.2) is 4.98 Å². The molecule has 1 saturated heterocycles. The van der Waals surface area contributed by atoms with Crippen molar-refractivity contribution >= 4 is 5.91 Å². The Morgan fingerprint density at radius 3 is 2.70 bits per heavy atom. The molecule has 30 heavy (non-hydrogen) atoms. The van der Waals surface area contributed by atoms with Crippen LogP contribution < -0.4 is 10.1 Å². The summed E-state index contributed by atoms with van der Waals surface area (Å²) in [6.45, 7) is 12.3. The number of rotatable bonds is 7. The minimum Gasteiger partial charge on any atom is -0.496 e. The molecule has 0 spiro atoms. The van der Waals surface area contributed by atoms with E-state index >= 15 is 0 Å². The lowest BCUT2D eigenvalue weighted by atomic mass is 9.96. The molecule has 162 valence electrons. The highest BCUT2D eigenvalue weighted by molar-refractivity contribution is 5.92. The Balaban J connectivity index is 1.62. The van der Waals surface area contributed by atoms with Crippen LogP contribution in [0.15, 0.2) is 24.3 Å². The largest absolute Gasteiger partial charge is 0.496 e. The number of methoxy groups -OCH3 is 1. The summed E-state index contributed by atoms with van der Waals surface area (Å²) in [4.78, 5) is 19.5. The highest BCUT2D eigenvalue weighted by atomic mass is 16.5. The molecule has 5 nitrogen and oxygen atoms in total. The summed E-state index contributed by atoms with van der Waals surface area (Å²) in [6, 6.07) is 8.94. The summed E-state index contributed by atoms with van der Waals surface area (Å²) in [7, 11) is 1.73. The lowest BCUT2D eigenvalue weighted by Gasteiger charge is -2.32. The number of pyridine rings is 1. The zero-order valence-corrected chi connectivity index (χ0v) is 19.2. The number of carbonyl (C=O) groups is 1. The molecule has 5 heteroatoms. The Hall–Kier alpha value is -2.40.